The van der Waals surface area contributed by atoms with Crippen LogP contribution in [0.1, 0.15) is 44.2 Å². The highest BCUT2D eigenvalue weighted by atomic mass is 32.2. The number of aliphatic carboxylic acids is 2. The molecule has 0 radical (unpaired) electrons. The molecule has 0 spiro atoms. The average molecular weight is 726 g/mol. The zero-order chi connectivity index (χ0) is 35.2. The molecule has 0 unspecified atom stereocenters. The summed E-state index contributed by atoms with van der Waals surface area (Å²) in [5.41, 5.74) is 10.5. The molecule has 18 nitrogen and oxygen atoms in total. The number of fused-ring (bicyclic) bond motifs is 1. The van der Waals surface area contributed by atoms with Crippen molar-refractivity contribution in [3.63, 3.8) is 0 Å². The number of carboxylic acids is 2. The SMILES string of the molecule is CO/N=C(\C(=O)N[C@@H]1C(=O)N2C(C(=O)O)=C(CSc3nc(=O)c(O)nn3C)CS[C@H]12)c1csc(N)n1.NCC1(CC(=O)O)CCCCC1. The zero-order valence-corrected chi connectivity index (χ0v) is 28.4. The topological polar surface area (TPSA) is 279 Å². The van der Waals surface area contributed by atoms with E-state index in [0.29, 0.717) is 12.1 Å². The number of oxime groups is 1. The number of carbonyl (C=O) groups excluding carboxylic acids is 2. The summed E-state index contributed by atoms with van der Waals surface area (Å²) in [5.74, 6) is -3.75. The predicted molar refractivity (Wildman–Crippen MR) is 176 cm³/mol. The van der Waals surface area contributed by atoms with Crippen LogP contribution >= 0.6 is 34.9 Å². The third-order valence-corrected chi connectivity index (χ3v) is 11.0. The molecule has 1 saturated heterocycles. The van der Waals surface area contributed by atoms with Gasteiger partial charge in [-0.3, -0.25) is 24.1 Å². The Kier molecular flexibility index (Phi) is 12.0. The minimum Gasteiger partial charge on any atom is -0.488 e. The van der Waals surface area contributed by atoms with Crippen molar-refractivity contribution in [2.24, 2.45) is 23.4 Å². The molecule has 3 aliphatic rings. The lowest BCUT2D eigenvalue weighted by atomic mass is 9.72. The van der Waals surface area contributed by atoms with Gasteiger partial charge in [0, 0.05) is 23.9 Å². The molecule has 1 saturated carbocycles. The molecule has 2 aliphatic heterocycles. The molecule has 0 aromatic carbocycles. The van der Waals surface area contributed by atoms with Crippen LogP contribution in [0.5, 0.6) is 5.88 Å². The molecular weight excluding hydrogens is 691 g/mol. The molecule has 48 heavy (non-hydrogen) atoms. The summed E-state index contributed by atoms with van der Waals surface area (Å²) in [7, 11) is 2.72. The fourth-order valence-corrected chi connectivity index (χ4v) is 8.43. The lowest BCUT2D eigenvalue weighted by Crippen LogP contribution is -2.71. The highest BCUT2D eigenvalue weighted by molar-refractivity contribution is 8.01. The monoisotopic (exact) mass is 725 g/mol. The summed E-state index contributed by atoms with van der Waals surface area (Å²) in [6.07, 6.45) is 5.77. The number of aromatic hydroxyl groups is 1. The van der Waals surface area contributed by atoms with Crippen LogP contribution in [-0.4, -0.2) is 106 Å². The van der Waals surface area contributed by atoms with Crippen molar-refractivity contribution < 1.29 is 39.3 Å². The second-order valence-corrected chi connectivity index (χ2v) is 14.0. The minimum absolute atomic E-state index is 0.0793. The predicted octanol–water partition coefficient (Wildman–Crippen LogP) is 0.171. The summed E-state index contributed by atoms with van der Waals surface area (Å²) in [6, 6.07) is -0.993. The molecule has 2 amide bonds. The van der Waals surface area contributed by atoms with Crippen molar-refractivity contribution in [2.75, 3.05) is 30.9 Å². The maximum absolute atomic E-state index is 12.9. The Morgan fingerprint density at radius 2 is 1.92 bits per heavy atom. The van der Waals surface area contributed by atoms with Gasteiger partial charge in [0.1, 0.15) is 29.9 Å². The van der Waals surface area contributed by atoms with Crippen LogP contribution in [0.4, 0.5) is 5.13 Å². The fourth-order valence-electron chi connectivity index (χ4n) is 5.49. The van der Waals surface area contributed by atoms with E-state index in [-0.39, 0.29) is 50.7 Å². The first kappa shape index (κ1) is 36.6. The van der Waals surface area contributed by atoms with Gasteiger partial charge in [-0.15, -0.1) is 28.2 Å². The number of nitrogen functional groups attached to an aromatic ring is 1. The maximum atomic E-state index is 12.9. The number of thioether (sulfide) groups is 2. The van der Waals surface area contributed by atoms with Gasteiger partial charge in [-0.05, 0) is 30.4 Å². The first-order chi connectivity index (χ1) is 22.8. The van der Waals surface area contributed by atoms with Crippen molar-refractivity contribution in [1.29, 1.82) is 0 Å². The Balaban J connectivity index is 0.000000365. The Labute approximate surface area is 286 Å². The Morgan fingerprint density at radius 1 is 1.21 bits per heavy atom. The number of hydrogen-bond donors (Lipinski definition) is 6. The summed E-state index contributed by atoms with van der Waals surface area (Å²) in [5, 5.41) is 39.0. The van der Waals surface area contributed by atoms with E-state index < -0.39 is 46.6 Å². The number of carboxylic acid groups (broad SMARTS) is 2. The molecule has 1 aliphatic carbocycles. The second-order valence-electron chi connectivity index (χ2n) is 11.1. The number of carbonyl (C=O) groups is 4. The molecule has 0 bridgehead atoms. The van der Waals surface area contributed by atoms with Crippen LogP contribution in [0.3, 0.4) is 0 Å². The van der Waals surface area contributed by atoms with Gasteiger partial charge in [0.05, 0.1) is 6.42 Å². The number of anilines is 1. The normalized spacial score (nSPS) is 20.2. The quantitative estimate of drug-likeness (QED) is 0.0779. The third-order valence-electron chi connectivity index (χ3n) is 7.86. The van der Waals surface area contributed by atoms with Crippen molar-refractivity contribution in [1.82, 2.24) is 30.0 Å². The van der Waals surface area contributed by atoms with Crippen molar-refractivity contribution >= 4 is 69.5 Å². The van der Waals surface area contributed by atoms with E-state index in [0.717, 1.165) is 53.7 Å². The Morgan fingerprint density at radius 3 is 2.50 bits per heavy atom. The van der Waals surface area contributed by atoms with Gasteiger partial charge in [-0.2, -0.15) is 4.98 Å². The van der Waals surface area contributed by atoms with Gasteiger partial charge >= 0.3 is 17.5 Å². The molecule has 2 aromatic heterocycles. The molecule has 260 valence electrons. The van der Waals surface area contributed by atoms with E-state index in [9.17, 15) is 34.2 Å². The lowest BCUT2D eigenvalue weighted by molar-refractivity contribution is -0.150. The van der Waals surface area contributed by atoms with Crippen LogP contribution in [0.2, 0.25) is 0 Å². The molecular formula is C27H35N9O9S3. The van der Waals surface area contributed by atoms with E-state index in [1.54, 1.807) is 0 Å². The summed E-state index contributed by atoms with van der Waals surface area (Å²) in [4.78, 5) is 73.5. The highest BCUT2D eigenvalue weighted by Gasteiger charge is 2.54. The first-order valence-electron chi connectivity index (χ1n) is 14.5. The van der Waals surface area contributed by atoms with Crippen LogP contribution in [-0.2, 0) is 31.1 Å². The summed E-state index contributed by atoms with van der Waals surface area (Å²) < 4.78 is 1.19. The van der Waals surface area contributed by atoms with Crippen molar-refractivity contribution in [2.45, 2.75) is 55.1 Å². The van der Waals surface area contributed by atoms with E-state index in [1.165, 1.54) is 42.4 Å². The van der Waals surface area contributed by atoms with Crippen molar-refractivity contribution in [3.05, 3.63) is 32.7 Å². The van der Waals surface area contributed by atoms with Gasteiger partial charge in [0.2, 0.25) is 0 Å². The van der Waals surface area contributed by atoms with Gasteiger partial charge in [0.25, 0.3) is 17.7 Å². The van der Waals surface area contributed by atoms with Crippen molar-refractivity contribution in [3.8, 4) is 5.88 Å². The Bertz CT molecular complexity index is 1690. The van der Waals surface area contributed by atoms with Crippen LogP contribution in [0.15, 0.2) is 31.8 Å². The Hall–Kier alpha value is -4.21. The number of aryl methyl sites for hydroxylation is 1. The number of thiazole rings is 1. The number of nitrogens with two attached hydrogens (primary N) is 2. The summed E-state index contributed by atoms with van der Waals surface area (Å²) in [6.45, 7) is 0.527. The molecule has 2 aromatic rings. The fraction of sp³-hybridized carbons (Fsp3) is 0.519. The number of aromatic nitrogens is 4. The molecule has 2 atom stereocenters. The smallest absolute Gasteiger partial charge is 0.352 e. The zero-order valence-electron chi connectivity index (χ0n) is 25.9. The molecule has 8 N–H and O–H groups in total. The van der Waals surface area contributed by atoms with E-state index >= 15 is 0 Å². The number of β-lactam (4-membered cyclic amide) rings is 1. The average Bonchev–Trinajstić information content (AvgIpc) is 3.48. The highest BCUT2D eigenvalue weighted by Crippen LogP contribution is 2.41. The van der Waals surface area contributed by atoms with E-state index in [4.69, 9.17) is 21.4 Å². The lowest BCUT2D eigenvalue weighted by Gasteiger charge is -2.49. The maximum Gasteiger partial charge on any atom is 0.352 e. The number of nitrogens with one attached hydrogen (secondary N) is 1. The largest absolute Gasteiger partial charge is 0.488 e. The van der Waals surface area contributed by atoms with E-state index in [1.807, 2.05) is 0 Å². The van der Waals surface area contributed by atoms with Gasteiger partial charge in [0.15, 0.2) is 16.0 Å². The first-order valence-corrected chi connectivity index (χ1v) is 17.4. The van der Waals surface area contributed by atoms with Crippen LogP contribution < -0.4 is 22.3 Å². The number of nitrogens with zero attached hydrogens (tertiary/aromatic N) is 6. The molecule has 5 rings (SSSR count). The van der Waals surface area contributed by atoms with E-state index in [2.05, 4.69) is 25.5 Å². The number of hydrogen-bond acceptors (Lipinski definition) is 16. The molecule has 21 heteroatoms. The standard InChI is InChI=1S/C18H18N8O7S3.C9H17NO2/c1-25-18(22-12(28)13(29)23-25)36-4-6-3-34-15-9(14(30)26(15)10(6)16(31)32)21-11(27)8(24-33-2)7-5-35-17(19)20-7;10-7-9(6-8(11)12)4-2-1-3-5-9/h5,9,15H,3-4H2,1-2H3,(H2,19,20)(H,21,27)(H,23,29)(H,31,32);1-7,10H2,(H,11,12)/b24-8-;/t9-,15-;/m1./s1. The summed E-state index contributed by atoms with van der Waals surface area (Å²) >= 11 is 3.41. The van der Waals surface area contributed by atoms with Crippen LogP contribution in [0.25, 0.3) is 0 Å². The number of rotatable bonds is 11. The minimum atomic E-state index is -1.31. The molecule has 4 heterocycles. The number of amides is 2. The third kappa shape index (κ3) is 8.25. The van der Waals surface area contributed by atoms with Gasteiger partial charge in [-0.25, -0.2) is 14.5 Å². The van der Waals surface area contributed by atoms with Gasteiger partial charge < -0.3 is 36.9 Å². The second kappa shape index (κ2) is 15.8. The van der Waals surface area contributed by atoms with Crippen LogP contribution in [0, 0.1) is 5.41 Å². The molecule has 2 fully saturated rings. The van der Waals surface area contributed by atoms with Gasteiger partial charge in [-0.1, -0.05) is 36.2 Å².